The van der Waals surface area contributed by atoms with Gasteiger partial charge in [0.15, 0.2) is 0 Å². The van der Waals surface area contributed by atoms with E-state index in [0.717, 1.165) is 78.7 Å². The Morgan fingerprint density at radius 3 is 2.45 bits per heavy atom. The number of phenols is 1. The van der Waals surface area contributed by atoms with Gasteiger partial charge in [-0.2, -0.15) is 0 Å². The molecule has 7 heteroatoms. The second-order valence-corrected chi connectivity index (χ2v) is 8.37. The summed E-state index contributed by atoms with van der Waals surface area (Å²) in [6.07, 6.45) is 5.87. The zero-order chi connectivity index (χ0) is 20.5. The third-order valence-corrected chi connectivity index (χ3v) is 6.16. The van der Waals surface area contributed by atoms with Gasteiger partial charge in [0.1, 0.15) is 23.7 Å². The van der Waals surface area contributed by atoms with E-state index < -0.39 is 18.3 Å². The zero-order valence-corrected chi connectivity index (χ0v) is 17.5. The summed E-state index contributed by atoms with van der Waals surface area (Å²) in [5, 5.41) is 21.7. The Morgan fingerprint density at radius 2 is 1.69 bits per heavy atom. The number of carbonyl (C=O) groups is 2. The number of carbonyl (C=O) groups excluding carboxylic acids is 1. The first-order chi connectivity index (χ1) is 13.9. The monoisotopic (exact) mass is 459 g/mol. The molecule has 0 radical (unpaired) electrons. The molecule has 0 atom stereocenters. The Balaban J connectivity index is 1.69. The molecule has 0 heterocycles. The molecule has 4 rings (SSSR count). The Labute approximate surface area is 177 Å². The molecule has 0 saturated heterocycles. The number of carboxylic acid groups (broad SMARTS) is 1. The SMILES string of the molecule is O=C(O)CC(=O)Nc1cc(Br)c(Oc2ccc(O)c3c2CCCC3)c2c1CCC2. The molecule has 2 aromatic rings. The van der Waals surface area contributed by atoms with Crippen LogP contribution in [0.4, 0.5) is 5.69 Å². The lowest BCUT2D eigenvalue weighted by Gasteiger charge is -2.22. The Kier molecular flexibility index (Phi) is 5.50. The van der Waals surface area contributed by atoms with E-state index in [1.807, 2.05) is 6.07 Å². The summed E-state index contributed by atoms with van der Waals surface area (Å²) in [5.74, 6) is 0.116. The fraction of sp³-hybridized carbons (Fsp3) is 0.364. The van der Waals surface area contributed by atoms with Crippen LogP contribution < -0.4 is 10.1 Å². The average Bonchev–Trinajstić information content (AvgIpc) is 3.16. The zero-order valence-electron chi connectivity index (χ0n) is 15.9. The summed E-state index contributed by atoms with van der Waals surface area (Å²) in [6.45, 7) is 0. The normalized spacial score (nSPS) is 14.8. The van der Waals surface area contributed by atoms with Gasteiger partial charge in [-0.3, -0.25) is 9.59 Å². The second-order valence-electron chi connectivity index (χ2n) is 7.51. The number of ether oxygens (including phenoxy) is 1. The quantitative estimate of drug-likeness (QED) is 0.561. The lowest BCUT2D eigenvalue weighted by Crippen LogP contribution is -2.17. The van der Waals surface area contributed by atoms with Crippen molar-refractivity contribution < 1.29 is 24.5 Å². The van der Waals surface area contributed by atoms with Crippen LogP contribution in [-0.4, -0.2) is 22.1 Å². The molecule has 0 bridgehead atoms. The van der Waals surface area contributed by atoms with Crippen LogP contribution in [0.2, 0.25) is 0 Å². The van der Waals surface area contributed by atoms with E-state index in [4.69, 9.17) is 9.84 Å². The van der Waals surface area contributed by atoms with Crippen molar-refractivity contribution in [2.24, 2.45) is 0 Å². The number of halogens is 1. The van der Waals surface area contributed by atoms with Crippen molar-refractivity contribution in [1.82, 2.24) is 0 Å². The molecule has 0 unspecified atom stereocenters. The van der Waals surface area contributed by atoms with E-state index in [1.54, 1.807) is 12.1 Å². The number of anilines is 1. The van der Waals surface area contributed by atoms with E-state index in [9.17, 15) is 14.7 Å². The van der Waals surface area contributed by atoms with Crippen LogP contribution in [0.5, 0.6) is 17.2 Å². The van der Waals surface area contributed by atoms with E-state index in [2.05, 4.69) is 21.2 Å². The molecule has 152 valence electrons. The van der Waals surface area contributed by atoms with E-state index >= 15 is 0 Å². The molecule has 0 saturated carbocycles. The largest absolute Gasteiger partial charge is 0.508 e. The van der Waals surface area contributed by atoms with Crippen LogP contribution in [0, 0.1) is 0 Å². The Bertz CT molecular complexity index is 1000. The number of benzene rings is 2. The number of nitrogens with one attached hydrogen (secondary N) is 1. The van der Waals surface area contributed by atoms with Crippen LogP contribution in [0.3, 0.4) is 0 Å². The van der Waals surface area contributed by atoms with Gasteiger partial charge in [0.05, 0.1) is 4.47 Å². The third-order valence-electron chi connectivity index (χ3n) is 5.57. The number of aliphatic carboxylic acids is 1. The highest BCUT2D eigenvalue weighted by atomic mass is 79.9. The Hall–Kier alpha value is -2.54. The number of rotatable bonds is 5. The summed E-state index contributed by atoms with van der Waals surface area (Å²) in [5.41, 5.74) is 4.70. The maximum absolute atomic E-state index is 11.9. The summed E-state index contributed by atoms with van der Waals surface area (Å²) in [4.78, 5) is 22.7. The summed E-state index contributed by atoms with van der Waals surface area (Å²) in [6, 6.07) is 5.29. The number of hydrogen-bond donors (Lipinski definition) is 3. The van der Waals surface area contributed by atoms with Crippen molar-refractivity contribution in [1.29, 1.82) is 0 Å². The highest BCUT2D eigenvalue weighted by molar-refractivity contribution is 9.10. The van der Waals surface area contributed by atoms with Gasteiger partial charge >= 0.3 is 5.97 Å². The lowest BCUT2D eigenvalue weighted by molar-refractivity contribution is -0.139. The number of amides is 1. The maximum Gasteiger partial charge on any atom is 0.312 e. The van der Waals surface area contributed by atoms with Crippen LogP contribution in [0.15, 0.2) is 22.7 Å². The van der Waals surface area contributed by atoms with Gasteiger partial charge in [-0.05, 0) is 84.6 Å². The van der Waals surface area contributed by atoms with Crippen LogP contribution in [0.25, 0.3) is 0 Å². The van der Waals surface area contributed by atoms with Crippen molar-refractivity contribution in [3.05, 3.63) is 44.9 Å². The molecule has 0 spiro atoms. The molecule has 29 heavy (non-hydrogen) atoms. The molecule has 1 amide bonds. The van der Waals surface area contributed by atoms with E-state index in [-0.39, 0.29) is 0 Å². The molecule has 2 aromatic carbocycles. The summed E-state index contributed by atoms with van der Waals surface area (Å²) < 4.78 is 7.07. The topological polar surface area (TPSA) is 95.9 Å². The van der Waals surface area contributed by atoms with E-state index in [0.29, 0.717) is 15.9 Å². The fourth-order valence-corrected chi connectivity index (χ4v) is 4.84. The highest BCUT2D eigenvalue weighted by Crippen LogP contribution is 2.45. The molecular weight excluding hydrogens is 438 g/mol. The van der Waals surface area contributed by atoms with Crippen LogP contribution >= 0.6 is 15.9 Å². The summed E-state index contributed by atoms with van der Waals surface area (Å²) >= 11 is 3.57. The minimum atomic E-state index is -1.16. The molecule has 0 aromatic heterocycles. The van der Waals surface area contributed by atoms with Gasteiger partial charge in [-0.25, -0.2) is 0 Å². The first-order valence-electron chi connectivity index (χ1n) is 9.81. The first kappa shape index (κ1) is 19.8. The van der Waals surface area contributed by atoms with E-state index in [1.165, 1.54) is 0 Å². The first-order valence-corrected chi connectivity index (χ1v) is 10.6. The van der Waals surface area contributed by atoms with Crippen molar-refractivity contribution in [2.45, 2.75) is 51.4 Å². The minimum Gasteiger partial charge on any atom is -0.508 e. The van der Waals surface area contributed by atoms with Crippen molar-refractivity contribution in [2.75, 3.05) is 5.32 Å². The van der Waals surface area contributed by atoms with Gasteiger partial charge in [-0.1, -0.05) is 0 Å². The van der Waals surface area contributed by atoms with Crippen molar-refractivity contribution in [3.63, 3.8) is 0 Å². The number of aromatic hydroxyl groups is 1. The number of hydrogen-bond acceptors (Lipinski definition) is 4. The molecule has 2 aliphatic rings. The third kappa shape index (κ3) is 3.96. The van der Waals surface area contributed by atoms with Gasteiger partial charge in [0, 0.05) is 22.4 Å². The number of carboxylic acids is 1. The maximum atomic E-state index is 11.9. The molecule has 0 fully saturated rings. The van der Waals surface area contributed by atoms with Gasteiger partial charge in [-0.15, -0.1) is 0 Å². The van der Waals surface area contributed by atoms with Crippen molar-refractivity contribution >= 4 is 33.5 Å². The number of fused-ring (bicyclic) bond motifs is 2. The molecule has 2 aliphatic carbocycles. The Morgan fingerprint density at radius 1 is 1.00 bits per heavy atom. The predicted octanol–water partition coefficient (Wildman–Crippen LogP) is 4.73. The predicted molar refractivity (Wildman–Crippen MR) is 112 cm³/mol. The number of phenolic OH excluding ortho intramolecular Hbond substituents is 1. The van der Waals surface area contributed by atoms with Gasteiger partial charge in [0.2, 0.25) is 5.91 Å². The minimum absolute atomic E-state index is 0.327. The smallest absolute Gasteiger partial charge is 0.312 e. The molecule has 6 nitrogen and oxygen atoms in total. The van der Waals surface area contributed by atoms with Crippen LogP contribution in [0.1, 0.15) is 47.9 Å². The van der Waals surface area contributed by atoms with Gasteiger partial charge in [0.25, 0.3) is 0 Å². The molecule has 3 N–H and O–H groups in total. The van der Waals surface area contributed by atoms with Crippen LogP contribution in [-0.2, 0) is 35.3 Å². The second kappa shape index (κ2) is 8.06. The molecular formula is C22H22BrNO5. The standard InChI is InChI=1S/C22H22BrNO5/c23-16-10-17(24-20(26)11-21(27)28)12-6-3-7-15(12)22(16)29-19-9-8-18(25)13-4-1-2-5-14(13)19/h8-10,25H,1-7,11H2,(H,24,26)(H,27,28). The lowest BCUT2D eigenvalue weighted by atomic mass is 9.90. The fourth-order valence-electron chi connectivity index (χ4n) is 4.29. The summed E-state index contributed by atoms with van der Waals surface area (Å²) in [7, 11) is 0. The molecule has 0 aliphatic heterocycles. The average molecular weight is 460 g/mol. The van der Waals surface area contributed by atoms with Crippen molar-refractivity contribution in [3.8, 4) is 17.2 Å². The highest BCUT2D eigenvalue weighted by Gasteiger charge is 2.26. The van der Waals surface area contributed by atoms with Gasteiger partial charge < -0.3 is 20.3 Å².